The lowest BCUT2D eigenvalue weighted by Gasteiger charge is -2.76. The van der Waals surface area contributed by atoms with Gasteiger partial charge in [-0.3, -0.25) is 9.59 Å². The first-order valence-corrected chi connectivity index (χ1v) is 32.1. The Morgan fingerprint density at radius 1 is 0.901 bits per heavy atom. The molecule has 1 spiro atoms. The highest BCUT2D eigenvalue weighted by molar-refractivity contribution is 6.02. The number of aromatic amines is 2. The minimum absolute atomic E-state index is 0.0461. The summed E-state index contributed by atoms with van der Waals surface area (Å²) in [5, 5.41) is 46.4. The summed E-state index contributed by atoms with van der Waals surface area (Å²) in [6.45, 7) is 19.4. The molecule has 2 saturated heterocycles. The highest BCUT2D eigenvalue weighted by atomic mass is 16.6. The van der Waals surface area contributed by atoms with Crippen molar-refractivity contribution in [3.05, 3.63) is 93.1 Å². The lowest BCUT2D eigenvalue weighted by molar-refractivity contribution is -0.267. The molecular weight excluding hydrogens is 1010 g/mol. The smallest absolute Gasteiger partial charge is 0.160 e. The summed E-state index contributed by atoms with van der Waals surface area (Å²) >= 11 is 0. The summed E-state index contributed by atoms with van der Waals surface area (Å²) in [5.74, 6) is 1.00. The molecular formula is C69H95N5O7. The number of fused-ring (bicyclic) bond motifs is 8. The van der Waals surface area contributed by atoms with Gasteiger partial charge in [0.15, 0.2) is 5.78 Å². The first-order valence-electron chi connectivity index (χ1n) is 32.1. The molecule has 12 heteroatoms. The number of Topliss-reactive ketones (excluding diaryl/α,β-unsaturated/α-hetero) is 2. The van der Waals surface area contributed by atoms with E-state index in [1.807, 2.05) is 20.9 Å². The van der Waals surface area contributed by atoms with Crippen LogP contribution in [0.2, 0.25) is 0 Å². The van der Waals surface area contributed by atoms with E-state index >= 15 is 9.59 Å². The number of epoxide rings is 1. The number of ether oxygens (including phenoxy) is 2. The zero-order valence-electron chi connectivity index (χ0n) is 50.3. The number of aromatic nitrogens is 3. The summed E-state index contributed by atoms with van der Waals surface area (Å²) in [5.41, 5.74) is 8.03. The zero-order chi connectivity index (χ0) is 56.6. The molecule has 438 valence electrons. The van der Waals surface area contributed by atoms with E-state index in [1.165, 1.54) is 52.8 Å². The predicted molar refractivity (Wildman–Crippen MR) is 315 cm³/mol. The van der Waals surface area contributed by atoms with Crippen LogP contribution in [0.4, 0.5) is 0 Å². The molecule has 3 aliphatic heterocycles. The number of rotatable bonds is 12. The van der Waals surface area contributed by atoms with E-state index in [0.717, 1.165) is 85.8 Å². The molecule has 0 radical (unpaired) electrons. The van der Waals surface area contributed by atoms with Crippen LogP contribution in [0, 0.1) is 56.2 Å². The number of carbonyl (C=O) groups excluding carboxylic acids is 2. The van der Waals surface area contributed by atoms with Gasteiger partial charge in [-0.2, -0.15) is 0 Å². The van der Waals surface area contributed by atoms with E-state index in [2.05, 4.69) is 110 Å². The first-order chi connectivity index (χ1) is 38.6. The summed E-state index contributed by atoms with van der Waals surface area (Å²) in [7, 11) is 4.07. The average Bonchev–Trinajstić information content (AvgIpc) is 4.20. The number of aryl methyl sites for hydroxylation is 1. The fraction of sp³-hybridized carbons (Fsp3) is 0.710. The Balaban J connectivity index is 0.943. The lowest BCUT2D eigenvalue weighted by Crippen LogP contribution is -2.74. The number of ketones is 2. The maximum absolute atomic E-state index is 16.0. The Hall–Kier alpha value is -3.88. The highest BCUT2D eigenvalue weighted by Gasteiger charge is 2.80. The number of aliphatic hydroxyl groups is 3. The number of hydrogen-bond donors (Lipinski definition) is 7. The van der Waals surface area contributed by atoms with Crippen LogP contribution in [0.1, 0.15) is 202 Å². The van der Waals surface area contributed by atoms with E-state index in [0.29, 0.717) is 88.2 Å². The van der Waals surface area contributed by atoms with E-state index in [4.69, 9.17) is 9.47 Å². The Kier molecular flexibility index (Phi) is 12.8. The van der Waals surface area contributed by atoms with Gasteiger partial charge in [0.2, 0.25) is 0 Å². The van der Waals surface area contributed by atoms with Gasteiger partial charge in [0.1, 0.15) is 11.9 Å². The van der Waals surface area contributed by atoms with Crippen LogP contribution in [0.5, 0.6) is 0 Å². The van der Waals surface area contributed by atoms with E-state index in [1.54, 1.807) is 0 Å². The second-order valence-electron chi connectivity index (χ2n) is 30.4. The molecule has 7 N–H and O–H groups in total. The van der Waals surface area contributed by atoms with Gasteiger partial charge >= 0.3 is 0 Å². The van der Waals surface area contributed by atoms with Gasteiger partial charge in [0, 0.05) is 92.0 Å². The van der Waals surface area contributed by atoms with Crippen molar-refractivity contribution in [1.82, 2.24) is 25.2 Å². The maximum Gasteiger partial charge on any atom is 0.160 e. The van der Waals surface area contributed by atoms with Crippen molar-refractivity contribution in [2.75, 3.05) is 40.4 Å². The van der Waals surface area contributed by atoms with Gasteiger partial charge < -0.3 is 50.0 Å². The van der Waals surface area contributed by atoms with Crippen molar-refractivity contribution in [1.29, 1.82) is 0 Å². The van der Waals surface area contributed by atoms with Gasteiger partial charge in [-0.05, 0) is 208 Å². The first kappa shape index (κ1) is 55.0. The normalized spacial score (nSPS) is 41.3. The molecule has 7 aliphatic carbocycles. The van der Waals surface area contributed by atoms with Crippen molar-refractivity contribution >= 4 is 22.6 Å². The number of benzene rings is 1. The quantitative estimate of drug-likeness (QED) is 0.0681. The topological polar surface area (TPSA) is 177 Å². The standard InChI is InChI=1S/C69H95N5O7/c1-62(2)61(81-62)50(76)33-63(3)18-14-42-36-73-56-44(29-39-28-43(46-13-11-10-12-41(46)35-71-9)31-45(30-39)69(79)22-26-80-27-23-69)37-74(57(42)56)38-48-52-54(63)49(75)34-66(52,6)65(5)19-16-51-64(4,21-25-70-8)60(78)53-47-17-24-72-55(47)40-15-20-68(53,32-40)67(51,7)59(65)58(48)77/h17,24,28,30-31,36-37,40-41,46,48,50-51,53,58-59,61,70-73,76-77,79H,10-16,18-23,25-27,29,32-35,38H2,1-9H3/t40-,41-,46+,48-,50-,51+,53+,58-,59+,61-,63+,64+,65+,66+,67-,68-/m1/s1. The van der Waals surface area contributed by atoms with Gasteiger partial charge in [0.05, 0.1) is 40.4 Å². The third-order valence-corrected chi connectivity index (χ3v) is 26.2. The number of carbonyl (C=O) groups is 2. The molecule has 14 rings (SSSR count). The fourth-order valence-corrected chi connectivity index (χ4v) is 22.2. The summed E-state index contributed by atoms with van der Waals surface area (Å²) < 4.78 is 14.5. The third-order valence-electron chi connectivity index (χ3n) is 26.2. The molecule has 12 nitrogen and oxygen atoms in total. The highest BCUT2D eigenvalue weighted by Crippen LogP contribution is 2.83. The van der Waals surface area contributed by atoms with Crippen molar-refractivity contribution in [3.63, 3.8) is 0 Å². The molecule has 5 saturated carbocycles. The summed E-state index contributed by atoms with van der Waals surface area (Å²) in [6.07, 6.45) is 18.9. The summed E-state index contributed by atoms with van der Waals surface area (Å²) in [4.78, 5) is 39.4. The lowest BCUT2D eigenvalue weighted by atomic mass is 9.28. The van der Waals surface area contributed by atoms with Gasteiger partial charge in [0.25, 0.3) is 0 Å². The molecule has 3 aromatic heterocycles. The second-order valence-corrected chi connectivity index (χ2v) is 30.4. The molecule has 6 heterocycles. The van der Waals surface area contributed by atoms with Crippen LogP contribution in [0.15, 0.2) is 54.0 Å². The minimum Gasteiger partial charge on any atom is -0.392 e. The van der Waals surface area contributed by atoms with E-state index in [-0.39, 0.29) is 35.1 Å². The molecule has 4 aromatic rings. The number of H-pyrrole nitrogens is 2. The van der Waals surface area contributed by atoms with Crippen molar-refractivity contribution < 1.29 is 34.4 Å². The molecule has 16 atom stereocenters. The molecule has 2 bridgehead atoms. The molecule has 10 aliphatic rings. The Morgan fingerprint density at radius 2 is 1.68 bits per heavy atom. The second kappa shape index (κ2) is 18.8. The molecule has 0 amide bonds. The SMILES string of the molecule is CNCC[C@]1(C)C(=O)[C@@H]2c3cc[nH]c3[C@@H]3CC[C@]2(C3)[C@@]2(C)[C@H]3[C@H](O)[C@@H]4Cn5cc(Cc6cc([C@H]7CCCC[C@@H]7CNC)cc(C7(O)CCOCC7)c6)c6[nH]cc(c65)CC[C@@](C)(C[C@@H](O)[C@H]5OC5(C)C)C5=C4[C@](C)(CC5=O)[C@@]3(C)CC[C@H]21. The van der Waals surface area contributed by atoms with Crippen LogP contribution in [-0.2, 0) is 44.1 Å². The summed E-state index contributed by atoms with van der Waals surface area (Å²) in [6, 6.07) is 9.30. The Bertz CT molecular complexity index is 3210. The minimum atomic E-state index is -0.957. The number of nitrogens with one attached hydrogen (secondary N) is 4. The molecule has 81 heavy (non-hydrogen) atoms. The van der Waals surface area contributed by atoms with Crippen LogP contribution >= 0.6 is 0 Å². The number of allylic oxidation sites excluding steroid dienone is 1. The number of aliphatic hydroxyl groups excluding tert-OH is 2. The average molecular weight is 1110 g/mol. The fourth-order valence-electron chi connectivity index (χ4n) is 22.2. The largest absolute Gasteiger partial charge is 0.392 e. The molecule has 0 unspecified atom stereocenters. The Labute approximate surface area is 481 Å². The van der Waals surface area contributed by atoms with Crippen molar-refractivity contribution in [2.24, 2.45) is 56.2 Å². The zero-order valence-corrected chi connectivity index (χ0v) is 50.3. The van der Waals surface area contributed by atoms with Crippen LogP contribution in [0.25, 0.3) is 11.0 Å². The van der Waals surface area contributed by atoms with Crippen LogP contribution in [0.3, 0.4) is 0 Å². The van der Waals surface area contributed by atoms with Gasteiger partial charge in [-0.15, -0.1) is 0 Å². The number of hydrogen-bond acceptors (Lipinski definition) is 9. The van der Waals surface area contributed by atoms with Gasteiger partial charge in [-0.1, -0.05) is 65.7 Å². The van der Waals surface area contributed by atoms with Crippen LogP contribution < -0.4 is 10.6 Å². The predicted octanol–water partition coefficient (Wildman–Crippen LogP) is 10.8. The Morgan fingerprint density at radius 3 is 2.43 bits per heavy atom. The molecule has 7 fully saturated rings. The van der Waals surface area contributed by atoms with Gasteiger partial charge in [-0.25, -0.2) is 0 Å². The van der Waals surface area contributed by atoms with Crippen LogP contribution in [-0.4, -0.2) is 106 Å². The monoisotopic (exact) mass is 1110 g/mol. The van der Waals surface area contributed by atoms with E-state index < -0.39 is 56.4 Å². The molecule has 1 aromatic carbocycles. The van der Waals surface area contributed by atoms with Crippen molar-refractivity contribution in [3.8, 4) is 0 Å². The third kappa shape index (κ3) is 7.63. The van der Waals surface area contributed by atoms with E-state index in [9.17, 15) is 15.3 Å². The van der Waals surface area contributed by atoms with Crippen molar-refractivity contribution in [2.45, 2.75) is 211 Å². The number of nitrogens with zero attached hydrogens (tertiary/aromatic N) is 1. The maximum atomic E-state index is 16.0.